The first kappa shape index (κ1) is 17.8. The maximum absolute atomic E-state index is 12.5. The van der Waals surface area contributed by atoms with Gasteiger partial charge in [-0.05, 0) is 55.3 Å². The van der Waals surface area contributed by atoms with Gasteiger partial charge < -0.3 is 10.2 Å². The molecule has 0 bridgehead atoms. The summed E-state index contributed by atoms with van der Waals surface area (Å²) in [5, 5.41) is 3.61. The Balaban J connectivity index is 1.71. The van der Waals surface area contributed by atoms with Crippen molar-refractivity contribution in [1.82, 2.24) is 0 Å². The lowest BCUT2D eigenvalue weighted by Gasteiger charge is -2.18. The van der Waals surface area contributed by atoms with Crippen LogP contribution in [-0.4, -0.2) is 18.4 Å². The van der Waals surface area contributed by atoms with Gasteiger partial charge in [-0.2, -0.15) is 0 Å². The van der Waals surface area contributed by atoms with Crippen molar-refractivity contribution in [1.29, 1.82) is 0 Å². The highest BCUT2D eigenvalue weighted by Crippen LogP contribution is 2.29. The van der Waals surface area contributed by atoms with Crippen molar-refractivity contribution in [2.45, 2.75) is 20.3 Å². The molecule has 2 amide bonds. The second-order valence-corrected chi connectivity index (χ2v) is 7.11. The molecule has 4 nitrogen and oxygen atoms in total. The Morgan fingerprint density at radius 3 is 2.52 bits per heavy atom. The minimum atomic E-state index is -0.399. The summed E-state index contributed by atoms with van der Waals surface area (Å²) in [7, 11) is 0. The van der Waals surface area contributed by atoms with Gasteiger partial charge in [0.05, 0.1) is 16.0 Å². The van der Waals surface area contributed by atoms with Gasteiger partial charge in [0.15, 0.2) is 0 Å². The summed E-state index contributed by atoms with van der Waals surface area (Å²) >= 11 is 11.8. The fraction of sp³-hybridized carbons (Fsp3) is 0.263. The van der Waals surface area contributed by atoms with Crippen LogP contribution in [0, 0.1) is 19.8 Å². The van der Waals surface area contributed by atoms with E-state index in [1.54, 1.807) is 23.1 Å². The maximum Gasteiger partial charge on any atom is 0.229 e. The van der Waals surface area contributed by atoms with E-state index in [0.717, 1.165) is 11.3 Å². The van der Waals surface area contributed by atoms with Crippen molar-refractivity contribution >= 4 is 46.4 Å². The van der Waals surface area contributed by atoms with E-state index in [2.05, 4.69) is 5.32 Å². The van der Waals surface area contributed by atoms with Gasteiger partial charge in [-0.25, -0.2) is 0 Å². The molecule has 6 heteroatoms. The van der Waals surface area contributed by atoms with Gasteiger partial charge in [-0.15, -0.1) is 0 Å². The van der Waals surface area contributed by atoms with Crippen LogP contribution in [0.2, 0.25) is 10.0 Å². The number of nitrogens with zero attached hydrogens (tertiary/aromatic N) is 1. The Hall–Kier alpha value is -2.04. The van der Waals surface area contributed by atoms with E-state index in [0.29, 0.717) is 22.3 Å². The monoisotopic (exact) mass is 376 g/mol. The van der Waals surface area contributed by atoms with Crippen LogP contribution in [0.5, 0.6) is 0 Å². The molecule has 0 saturated carbocycles. The molecule has 2 aromatic carbocycles. The van der Waals surface area contributed by atoms with Gasteiger partial charge >= 0.3 is 0 Å². The summed E-state index contributed by atoms with van der Waals surface area (Å²) in [6.07, 6.45) is 0.195. The minimum absolute atomic E-state index is 0.0439. The van der Waals surface area contributed by atoms with E-state index in [4.69, 9.17) is 23.2 Å². The van der Waals surface area contributed by atoms with Crippen molar-refractivity contribution in [3.8, 4) is 0 Å². The summed E-state index contributed by atoms with van der Waals surface area (Å²) in [6, 6.07) is 10.8. The molecule has 0 aliphatic carbocycles. The van der Waals surface area contributed by atoms with Gasteiger partial charge in [0.25, 0.3) is 0 Å². The minimum Gasteiger partial charge on any atom is -0.326 e. The first-order valence-corrected chi connectivity index (χ1v) is 8.74. The average Bonchev–Trinajstić information content (AvgIpc) is 2.95. The molecule has 25 heavy (non-hydrogen) atoms. The van der Waals surface area contributed by atoms with E-state index in [9.17, 15) is 9.59 Å². The largest absolute Gasteiger partial charge is 0.326 e. The SMILES string of the molecule is Cc1ccc(N2CC(C(=O)Nc3ccc(Cl)c(Cl)c3)CC2=O)cc1C. The average molecular weight is 377 g/mol. The van der Waals surface area contributed by atoms with Crippen molar-refractivity contribution in [3.05, 3.63) is 57.6 Å². The second kappa shape index (κ2) is 7.06. The van der Waals surface area contributed by atoms with Crippen molar-refractivity contribution < 1.29 is 9.59 Å². The smallest absolute Gasteiger partial charge is 0.229 e. The quantitative estimate of drug-likeness (QED) is 0.850. The summed E-state index contributed by atoms with van der Waals surface area (Å²) < 4.78 is 0. The Morgan fingerprint density at radius 1 is 1.08 bits per heavy atom. The fourth-order valence-electron chi connectivity index (χ4n) is 2.84. The van der Waals surface area contributed by atoms with Crippen molar-refractivity contribution in [2.24, 2.45) is 5.92 Å². The number of amides is 2. The van der Waals surface area contributed by atoms with Crippen LogP contribution < -0.4 is 10.2 Å². The maximum atomic E-state index is 12.5. The molecular formula is C19H18Cl2N2O2. The Morgan fingerprint density at radius 2 is 1.84 bits per heavy atom. The van der Waals surface area contributed by atoms with Gasteiger partial charge in [0.1, 0.15) is 0 Å². The predicted octanol–water partition coefficient (Wildman–Crippen LogP) is 4.60. The molecule has 130 valence electrons. The number of nitrogens with one attached hydrogen (secondary N) is 1. The van der Waals surface area contributed by atoms with Crippen LogP contribution in [0.15, 0.2) is 36.4 Å². The molecule has 0 aromatic heterocycles. The molecular weight excluding hydrogens is 359 g/mol. The normalized spacial score (nSPS) is 17.0. The van der Waals surface area contributed by atoms with E-state index >= 15 is 0 Å². The zero-order valence-corrected chi connectivity index (χ0v) is 15.5. The molecule has 1 heterocycles. The summed E-state index contributed by atoms with van der Waals surface area (Å²) in [5.41, 5.74) is 3.69. The first-order valence-electron chi connectivity index (χ1n) is 7.98. The number of halogens is 2. The molecule has 1 N–H and O–H groups in total. The Kier molecular flexibility index (Phi) is 5.02. The number of anilines is 2. The number of benzene rings is 2. The van der Waals surface area contributed by atoms with Gasteiger partial charge in [0, 0.05) is 24.3 Å². The molecule has 0 spiro atoms. The predicted molar refractivity (Wildman–Crippen MR) is 101 cm³/mol. The fourth-order valence-corrected chi connectivity index (χ4v) is 3.14. The Bertz CT molecular complexity index is 851. The molecule has 2 aromatic rings. The number of hydrogen-bond donors (Lipinski definition) is 1. The third kappa shape index (κ3) is 3.80. The van der Waals surface area contributed by atoms with E-state index in [-0.39, 0.29) is 18.2 Å². The number of aryl methyl sites for hydroxylation is 2. The van der Waals surface area contributed by atoms with Gasteiger partial charge in [-0.1, -0.05) is 29.3 Å². The second-order valence-electron chi connectivity index (χ2n) is 6.29. The third-order valence-corrected chi connectivity index (χ3v) is 5.22. The van der Waals surface area contributed by atoms with Crippen LogP contribution in [0.1, 0.15) is 17.5 Å². The van der Waals surface area contributed by atoms with Crippen LogP contribution in [0.4, 0.5) is 11.4 Å². The number of hydrogen-bond acceptors (Lipinski definition) is 2. The van der Waals surface area contributed by atoms with E-state index in [1.165, 1.54) is 5.56 Å². The van der Waals surface area contributed by atoms with E-state index < -0.39 is 5.92 Å². The number of rotatable bonds is 3. The zero-order valence-electron chi connectivity index (χ0n) is 14.0. The van der Waals surface area contributed by atoms with Crippen LogP contribution >= 0.6 is 23.2 Å². The van der Waals surface area contributed by atoms with Gasteiger partial charge in [-0.3, -0.25) is 9.59 Å². The number of carbonyl (C=O) groups is 2. The van der Waals surface area contributed by atoms with E-state index in [1.807, 2.05) is 32.0 Å². The topological polar surface area (TPSA) is 49.4 Å². The van der Waals surface area contributed by atoms with Crippen molar-refractivity contribution in [2.75, 3.05) is 16.8 Å². The highest BCUT2D eigenvalue weighted by molar-refractivity contribution is 6.42. The summed E-state index contributed by atoms with van der Waals surface area (Å²) in [5.74, 6) is -0.640. The van der Waals surface area contributed by atoms with Crippen molar-refractivity contribution in [3.63, 3.8) is 0 Å². The lowest BCUT2D eigenvalue weighted by atomic mass is 10.1. The molecule has 3 rings (SSSR count). The molecule has 1 saturated heterocycles. The van der Waals surface area contributed by atoms with Gasteiger partial charge in [0.2, 0.25) is 11.8 Å². The zero-order chi connectivity index (χ0) is 18.1. The van der Waals surface area contributed by atoms with Crippen LogP contribution in [0.25, 0.3) is 0 Å². The van der Waals surface area contributed by atoms with Crippen LogP contribution in [-0.2, 0) is 9.59 Å². The molecule has 1 atom stereocenters. The standard InChI is InChI=1S/C19H18Cl2N2O2/c1-11-3-5-15(7-12(11)2)23-10-13(8-18(23)24)19(25)22-14-4-6-16(20)17(21)9-14/h3-7,9,13H,8,10H2,1-2H3,(H,22,25). The highest BCUT2D eigenvalue weighted by Gasteiger charge is 2.35. The lowest BCUT2D eigenvalue weighted by Crippen LogP contribution is -2.28. The molecule has 1 fully saturated rings. The van der Waals surface area contributed by atoms with Crippen LogP contribution in [0.3, 0.4) is 0 Å². The first-order chi connectivity index (χ1) is 11.8. The molecule has 1 aliphatic rings. The Labute approximate surface area is 156 Å². The third-order valence-electron chi connectivity index (χ3n) is 4.49. The lowest BCUT2D eigenvalue weighted by molar-refractivity contribution is -0.122. The molecule has 0 radical (unpaired) electrons. The summed E-state index contributed by atoms with van der Waals surface area (Å²) in [6.45, 7) is 4.40. The summed E-state index contributed by atoms with van der Waals surface area (Å²) in [4.78, 5) is 26.5. The number of carbonyl (C=O) groups excluding carboxylic acids is 2. The molecule has 1 unspecified atom stereocenters. The molecule has 1 aliphatic heterocycles. The highest BCUT2D eigenvalue weighted by atomic mass is 35.5.